The van der Waals surface area contributed by atoms with Crippen LogP contribution in [0.3, 0.4) is 0 Å². The fourth-order valence-electron chi connectivity index (χ4n) is 4.15. The molecule has 1 saturated heterocycles. The highest BCUT2D eigenvalue weighted by atomic mass is 16.6. The number of carboxylic acids is 1. The van der Waals surface area contributed by atoms with Gasteiger partial charge in [0, 0.05) is 13.1 Å². The number of fused-ring (bicyclic) bond motifs is 1. The molecule has 1 heterocycles. The second kappa shape index (κ2) is 6.91. The number of nitrogens with one attached hydrogen (secondary N) is 1. The van der Waals surface area contributed by atoms with Crippen LogP contribution in [-0.2, 0) is 9.59 Å². The van der Waals surface area contributed by atoms with E-state index in [4.69, 9.17) is 4.74 Å². The number of aliphatic carboxylic acids is 1. The highest BCUT2D eigenvalue weighted by Crippen LogP contribution is 2.48. The molecule has 1 saturated carbocycles. The van der Waals surface area contributed by atoms with Gasteiger partial charge in [0.05, 0.1) is 30.1 Å². The Morgan fingerprint density at radius 2 is 2.27 bits per heavy atom. The summed E-state index contributed by atoms with van der Waals surface area (Å²) in [7, 11) is 1.40. The van der Waals surface area contributed by atoms with Gasteiger partial charge < -0.3 is 15.2 Å². The highest BCUT2D eigenvalue weighted by molar-refractivity contribution is 5.94. The van der Waals surface area contributed by atoms with Crippen molar-refractivity contribution in [2.45, 2.75) is 19.3 Å². The summed E-state index contributed by atoms with van der Waals surface area (Å²) >= 11 is 0. The number of hydrogen-bond acceptors (Lipinski definition) is 6. The number of nitro groups is 1. The van der Waals surface area contributed by atoms with Crippen molar-refractivity contribution >= 4 is 23.3 Å². The van der Waals surface area contributed by atoms with E-state index in [0.717, 1.165) is 12.8 Å². The molecule has 1 aliphatic heterocycles. The van der Waals surface area contributed by atoms with Gasteiger partial charge in [-0.2, -0.15) is 0 Å². The highest BCUT2D eigenvalue weighted by Gasteiger charge is 2.54. The van der Waals surface area contributed by atoms with Crippen molar-refractivity contribution in [3.8, 4) is 5.75 Å². The lowest BCUT2D eigenvalue weighted by molar-refractivity contribution is -0.384. The number of benzene rings is 1. The number of ether oxygens (including phenoxy) is 1. The lowest BCUT2D eigenvalue weighted by atomic mass is 9.81. The van der Waals surface area contributed by atoms with Crippen molar-refractivity contribution in [2.24, 2.45) is 11.3 Å². The summed E-state index contributed by atoms with van der Waals surface area (Å²) in [5, 5.41) is 23.3. The molecule has 26 heavy (non-hydrogen) atoms. The Balaban J connectivity index is 1.67. The van der Waals surface area contributed by atoms with Gasteiger partial charge in [0.15, 0.2) is 0 Å². The molecule has 1 aromatic rings. The molecule has 9 nitrogen and oxygen atoms in total. The van der Waals surface area contributed by atoms with Crippen molar-refractivity contribution in [3.05, 3.63) is 28.3 Å². The number of amides is 1. The van der Waals surface area contributed by atoms with Gasteiger partial charge in [-0.3, -0.25) is 24.6 Å². The number of anilines is 1. The summed E-state index contributed by atoms with van der Waals surface area (Å²) < 4.78 is 4.97. The molecule has 0 unspecified atom stereocenters. The number of likely N-dealkylation sites (tertiary alicyclic amines) is 1. The fraction of sp³-hybridized carbons (Fsp3) is 0.529. The third-order valence-corrected chi connectivity index (χ3v) is 5.41. The zero-order chi connectivity index (χ0) is 18.9. The van der Waals surface area contributed by atoms with Gasteiger partial charge in [-0.05, 0) is 30.9 Å². The van der Waals surface area contributed by atoms with Crippen LogP contribution < -0.4 is 10.1 Å². The Kier molecular flexibility index (Phi) is 4.82. The maximum atomic E-state index is 12.3. The normalized spacial score (nSPS) is 24.9. The Morgan fingerprint density at radius 1 is 1.50 bits per heavy atom. The summed E-state index contributed by atoms with van der Waals surface area (Å²) in [4.78, 5) is 36.5. The Morgan fingerprint density at radius 3 is 2.88 bits per heavy atom. The van der Waals surface area contributed by atoms with E-state index in [1.807, 2.05) is 4.90 Å². The summed E-state index contributed by atoms with van der Waals surface area (Å²) in [6.45, 7) is 0.907. The summed E-state index contributed by atoms with van der Waals surface area (Å²) in [6.07, 6.45) is 2.39. The van der Waals surface area contributed by atoms with E-state index in [0.29, 0.717) is 25.3 Å². The maximum absolute atomic E-state index is 12.3. The van der Waals surface area contributed by atoms with E-state index < -0.39 is 22.2 Å². The number of hydrogen-bond donors (Lipinski definition) is 2. The zero-order valence-electron chi connectivity index (χ0n) is 14.4. The van der Waals surface area contributed by atoms with Gasteiger partial charge in [-0.25, -0.2) is 0 Å². The largest absolute Gasteiger partial charge is 0.496 e. The van der Waals surface area contributed by atoms with Gasteiger partial charge in [-0.1, -0.05) is 6.42 Å². The van der Waals surface area contributed by atoms with Crippen molar-refractivity contribution in [1.29, 1.82) is 0 Å². The van der Waals surface area contributed by atoms with E-state index in [2.05, 4.69) is 5.32 Å². The van der Waals surface area contributed by atoms with Gasteiger partial charge in [-0.15, -0.1) is 0 Å². The molecule has 1 aromatic carbocycles. The zero-order valence-corrected chi connectivity index (χ0v) is 14.4. The minimum atomic E-state index is -0.797. The topological polar surface area (TPSA) is 122 Å². The minimum Gasteiger partial charge on any atom is -0.496 e. The van der Waals surface area contributed by atoms with Crippen LogP contribution in [0.5, 0.6) is 5.75 Å². The van der Waals surface area contributed by atoms with Crippen LogP contribution in [0.15, 0.2) is 18.2 Å². The molecular formula is C17H21N3O6. The molecule has 0 radical (unpaired) electrons. The smallest absolute Gasteiger partial charge is 0.311 e. The van der Waals surface area contributed by atoms with Gasteiger partial charge in [0.25, 0.3) is 5.69 Å². The third-order valence-electron chi connectivity index (χ3n) is 5.41. The molecule has 0 bridgehead atoms. The maximum Gasteiger partial charge on any atom is 0.311 e. The number of carbonyl (C=O) groups excluding carboxylic acids is 1. The molecule has 0 aromatic heterocycles. The molecule has 3 rings (SSSR count). The number of nitrogens with zero attached hydrogens (tertiary/aromatic N) is 2. The first-order valence-electron chi connectivity index (χ1n) is 8.44. The summed E-state index contributed by atoms with van der Waals surface area (Å²) in [5.74, 6) is -0.818. The quantitative estimate of drug-likeness (QED) is 0.583. The minimum absolute atomic E-state index is 0.00864. The summed E-state index contributed by atoms with van der Waals surface area (Å²) in [6, 6.07) is 4.20. The molecule has 9 heteroatoms. The van der Waals surface area contributed by atoms with E-state index in [9.17, 15) is 24.8 Å². The molecule has 0 spiro atoms. The molecule has 2 fully saturated rings. The average Bonchev–Trinajstić information content (AvgIpc) is 3.12. The molecule has 2 N–H and O–H groups in total. The van der Waals surface area contributed by atoms with Gasteiger partial charge in [0.1, 0.15) is 11.4 Å². The van der Waals surface area contributed by atoms with Gasteiger partial charge >= 0.3 is 5.97 Å². The lowest BCUT2D eigenvalue weighted by Gasteiger charge is -2.23. The number of carboxylic acid groups (broad SMARTS) is 1. The molecule has 2 atom stereocenters. The van der Waals surface area contributed by atoms with Crippen molar-refractivity contribution < 1.29 is 24.4 Å². The number of carbonyl (C=O) groups is 2. The SMILES string of the molecule is COc1ccc(NC(=O)CN2C[C@@H]3CCC[C@@]3(C(=O)O)C2)c([N+](=O)[O-])c1. The van der Waals surface area contributed by atoms with Crippen LogP contribution in [0.4, 0.5) is 11.4 Å². The Labute approximate surface area is 150 Å². The monoisotopic (exact) mass is 363 g/mol. The Hall–Kier alpha value is -2.68. The molecule has 140 valence electrons. The predicted molar refractivity (Wildman–Crippen MR) is 92.1 cm³/mol. The van der Waals surface area contributed by atoms with Crippen LogP contribution in [0.2, 0.25) is 0 Å². The second-order valence-corrected chi connectivity index (χ2v) is 6.91. The van der Waals surface area contributed by atoms with Crippen molar-refractivity contribution in [1.82, 2.24) is 4.90 Å². The fourth-order valence-corrected chi connectivity index (χ4v) is 4.15. The van der Waals surface area contributed by atoms with E-state index >= 15 is 0 Å². The summed E-state index contributed by atoms with van der Waals surface area (Å²) in [5.41, 5.74) is -0.919. The van der Waals surface area contributed by atoms with E-state index in [1.165, 1.54) is 25.3 Å². The molecule has 2 aliphatic rings. The van der Waals surface area contributed by atoms with Crippen LogP contribution in [0.25, 0.3) is 0 Å². The number of methoxy groups -OCH3 is 1. The van der Waals surface area contributed by atoms with Crippen LogP contribution in [0.1, 0.15) is 19.3 Å². The molecule has 1 amide bonds. The lowest BCUT2D eigenvalue weighted by Crippen LogP contribution is -2.37. The molecule has 1 aliphatic carbocycles. The van der Waals surface area contributed by atoms with Crippen LogP contribution in [-0.4, -0.2) is 53.6 Å². The first-order valence-corrected chi connectivity index (χ1v) is 8.44. The van der Waals surface area contributed by atoms with Crippen LogP contribution >= 0.6 is 0 Å². The van der Waals surface area contributed by atoms with Crippen molar-refractivity contribution in [2.75, 3.05) is 32.1 Å². The second-order valence-electron chi connectivity index (χ2n) is 6.91. The molecular weight excluding hydrogens is 342 g/mol. The average molecular weight is 363 g/mol. The van der Waals surface area contributed by atoms with Crippen molar-refractivity contribution in [3.63, 3.8) is 0 Å². The third kappa shape index (κ3) is 3.22. The van der Waals surface area contributed by atoms with Crippen LogP contribution in [0, 0.1) is 21.4 Å². The standard InChI is InChI=1S/C17H21N3O6/c1-26-12-4-5-13(14(7-12)20(24)25)18-15(21)9-19-8-11-3-2-6-17(11,10-19)16(22)23/h4-5,7,11H,2-3,6,8-10H2,1H3,(H,18,21)(H,22,23)/t11-,17+/m0/s1. The Bertz CT molecular complexity index is 752. The van der Waals surface area contributed by atoms with E-state index in [-0.39, 0.29) is 23.8 Å². The first-order chi connectivity index (χ1) is 12.4. The number of rotatable bonds is 6. The van der Waals surface area contributed by atoms with Gasteiger partial charge in [0.2, 0.25) is 5.91 Å². The van der Waals surface area contributed by atoms with E-state index in [1.54, 1.807) is 0 Å². The number of nitro benzene ring substituents is 1. The predicted octanol–water partition coefficient (Wildman–Crippen LogP) is 1.73. The first kappa shape index (κ1) is 18.1.